The predicted molar refractivity (Wildman–Crippen MR) is 89.2 cm³/mol. The molecule has 0 spiro atoms. The number of thiophene rings is 1. The van der Waals surface area contributed by atoms with E-state index in [1.165, 1.54) is 8.45 Å². The molecule has 0 bridgehead atoms. The van der Waals surface area contributed by atoms with Crippen molar-refractivity contribution in [2.75, 3.05) is 5.73 Å². The summed E-state index contributed by atoms with van der Waals surface area (Å²) in [5.41, 5.74) is 11.4. The van der Waals surface area contributed by atoms with Gasteiger partial charge >= 0.3 is 0 Å². The highest BCUT2D eigenvalue weighted by Crippen LogP contribution is 2.36. The van der Waals surface area contributed by atoms with Gasteiger partial charge in [0.1, 0.15) is 0 Å². The molecule has 0 aliphatic rings. The summed E-state index contributed by atoms with van der Waals surface area (Å²) in [6.07, 6.45) is 0. The van der Waals surface area contributed by atoms with Gasteiger partial charge in [0.05, 0.1) is 14.1 Å². The molecule has 0 radical (unpaired) electrons. The third-order valence-electron chi connectivity index (χ3n) is 2.96. The second kappa shape index (κ2) is 4.97. The molecule has 0 unspecified atom stereocenters. The second-order valence-electron chi connectivity index (χ2n) is 4.37. The molecular formula is C14H12IN3S. The summed E-state index contributed by atoms with van der Waals surface area (Å²) in [4.78, 5) is 0. The Balaban J connectivity index is 2.19. The first-order valence-corrected chi connectivity index (χ1v) is 7.76. The SMILES string of the molecule is Cc1cccc(-c2c(N)n[nH]c2-c2csc(I)c2)c1. The van der Waals surface area contributed by atoms with Crippen molar-refractivity contribution in [2.24, 2.45) is 0 Å². The van der Waals surface area contributed by atoms with Crippen LogP contribution in [0.4, 0.5) is 5.82 Å². The van der Waals surface area contributed by atoms with Crippen LogP contribution in [-0.2, 0) is 0 Å². The third kappa shape index (κ3) is 2.40. The summed E-state index contributed by atoms with van der Waals surface area (Å²) in [6.45, 7) is 2.08. The minimum Gasteiger partial charge on any atom is -0.382 e. The average Bonchev–Trinajstić information content (AvgIpc) is 2.95. The number of aryl methyl sites for hydroxylation is 1. The van der Waals surface area contributed by atoms with Crippen LogP contribution in [0.2, 0.25) is 0 Å². The van der Waals surface area contributed by atoms with Crippen LogP contribution >= 0.6 is 33.9 Å². The van der Waals surface area contributed by atoms with Gasteiger partial charge in [0.25, 0.3) is 0 Å². The molecule has 0 atom stereocenters. The van der Waals surface area contributed by atoms with Gasteiger partial charge in [-0.1, -0.05) is 29.8 Å². The lowest BCUT2D eigenvalue weighted by Gasteiger charge is -2.04. The molecule has 5 heteroatoms. The van der Waals surface area contributed by atoms with Crippen molar-refractivity contribution in [1.29, 1.82) is 0 Å². The highest BCUT2D eigenvalue weighted by atomic mass is 127. The van der Waals surface area contributed by atoms with Crippen LogP contribution in [0.3, 0.4) is 0 Å². The number of aromatic nitrogens is 2. The maximum absolute atomic E-state index is 6.03. The van der Waals surface area contributed by atoms with Crippen molar-refractivity contribution in [3.05, 3.63) is 44.2 Å². The molecule has 0 saturated carbocycles. The van der Waals surface area contributed by atoms with Crippen LogP contribution < -0.4 is 5.73 Å². The number of rotatable bonds is 2. The van der Waals surface area contributed by atoms with E-state index in [2.05, 4.69) is 69.4 Å². The van der Waals surface area contributed by atoms with Crippen LogP contribution in [0.15, 0.2) is 35.7 Å². The van der Waals surface area contributed by atoms with E-state index in [9.17, 15) is 0 Å². The first-order valence-electron chi connectivity index (χ1n) is 5.80. The number of nitrogens with two attached hydrogens (primary N) is 1. The van der Waals surface area contributed by atoms with Crippen LogP contribution in [-0.4, -0.2) is 10.2 Å². The lowest BCUT2D eigenvalue weighted by molar-refractivity contribution is 1.10. The van der Waals surface area contributed by atoms with Crippen molar-refractivity contribution in [1.82, 2.24) is 10.2 Å². The number of nitrogen functional groups attached to an aromatic ring is 1. The summed E-state index contributed by atoms with van der Waals surface area (Å²) in [5.74, 6) is 0.543. The van der Waals surface area contributed by atoms with E-state index in [4.69, 9.17) is 5.73 Å². The highest BCUT2D eigenvalue weighted by Gasteiger charge is 2.15. The Morgan fingerprint density at radius 3 is 2.79 bits per heavy atom. The van der Waals surface area contributed by atoms with Gasteiger partial charge in [0.2, 0.25) is 0 Å². The molecule has 0 aliphatic carbocycles. The summed E-state index contributed by atoms with van der Waals surface area (Å²) >= 11 is 4.03. The number of nitrogens with one attached hydrogen (secondary N) is 1. The minimum absolute atomic E-state index is 0.543. The third-order valence-corrected chi connectivity index (χ3v) is 4.75. The number of halogens is 1. The van der Waals surface area contributed by atoms with Crippen LogP contribution in [0.5, 0.6) is 0 Å². The van der Waals surface area contributed by atoms with E-state index < -0.39 is 0 Å². The summed E-state index contributed by atoms with van der Waals surface area (Å²) < 4.78 is 1.25. The quantitative estimate of drug-likeness (QED) is 0.651. The molecule has 19 heavy (non-hydrogen) atoms. The number of aromatic amines is 1. The molecule has 0 fully saturated rings. The van der Waals surface area contributed by atoms with Crippen LogP contribution in [0.1, 0.15) is 5.56 Å². The standard InChI is InChI=1S/C14H12IN3S/c1-8-3-2-4-9(5-8)12-13(17-18-14(12)16)10-6-11(15)19-7-10/h2-7H,1H3,(H3,16,17,18). The van der Waals surface area contributed by atoms with Gasteiger partial charge in [-0.15, -0.1) is 11.3 Å². The molecule has 3 aromatic rings. The smallest absolute Gasteiger partial charge is 0.153 e. The zero-order valence-electron chi connectivity index (χ0n) is 10.3. The maximum Gasteiger partial charge on any atom is 0.153 e. The molecule has 3 rings (SSSR count). The fraction of sp³-hybridized carbons (Fsp3) is 0.0714. The van der Waals surface area contributed by atoms with Gasteiger partial charge < -0.3 is 5.73 Å². The first kappa shape index (κ1) is 12.7. The zero-order valence-corrected chi connectivity index (χ0v) is 13.2. The highest BCUT2D eigenvalue weighted by molar-refractivity contribution is 14.1. The molecule has 1 aromatic carbocycles. The number of anilines is 1. The Kier molecular flexibility index (Phi) is 3.32. The molecule has 96 valence electrons. The Morgan fingerprint density at radius 2 is 2.11 bits per heavy atom. The maximum atomic E-state index is 6.03. The fourth-order valence-electron chi connectivity index (χ4n) is 2.10. The Hall–Kier alpha value is -1.34. The van der Waals surface area contributed by atoms with Gasteiger partial charge in [-0.2, -0.15) is 5.10 Å². The molecule has 2 aromatic heterocycles. The Bertz CT molecular complexity index is 730. The van der Waals surface area contributed by atoms with Gasteiger partial charge in [-0.25, -0.2) is 0 Å². The monoisotopic (exact) mass is 381 g/mol. The second-order valence-corrected chi connectivity index (χ2v) is 7.17. The van der Waals surface area contributed by atoms with Crippen molar-refractivity contribution in [2.45, 2.75) is 6.92 Å². The van der Waals surface area contributed by atoms with E-state index in [1.54, 1.807) is 11.3 Å². The summed E-state index contributed by atoms with van der Waals surface area (Å²) in [7, 11) is 0. The van der Waals surface area contributed by atoms with Crippen LogP contribution in [0.25, 0.3) is 22.4 Å². The van der Waals surface area contributed by atoms with Crippen molar-refractivity contribution in [3.8, 4) is 22.4 Å². The predicted octanol–water partition coefficient (Wildman–Crippen LogP) is 4.30. The van der Waals surface area contributed by atoms with Gasteiger partial charge in [0, 0.05) is 10.9 Å². The first-order chi connectivity index (χ1) is 9.15. The van der Waals surface area contributed by atoms with Gasteiger partial charge in [-0.3, -0.25) is 5.10 Å². The fourth-order valence-corrected chi connectivity index (χ4v) is 3.44. The summed E-state index contributed by atoms with van der Waals surface area (Å²) in [5, 5.41) is 9.33. The van der Waals surface area contributed by atoms with Crippen molar-refractivity contribution >= 4 is 39.7 Å². The number of hydrogen-bond donors (Lipinski definition) is 2. The number of hydrogen-bond acceptors (Lipinski definition) is 3. The normalized spacial score (nSPS) is 10.8. The molecule has 3 nitrogen and oxygen atoms in total. The number of H-pyrrole nitrogens is 1. The Labute approximate surface area is 129 Å². The van der Waals surface area contributed by atoms with Crippen LogP contribution in [0, 0.1) is 9.81 Å². The van der Waals surface area contributed by atoms with E-state index in [1.807, 2.05) is 6.07 Å². The molecular weight excluding hydrogens is 369 g/mol. The van der Waals surface area contributed by atoms with Gasteiger partial charge in [-0.05, 0) is 41.1 Å². The Morgan fingerprint density at radius 1 is 1.26 bits per heavy atom. The number of benzene rings is 1. The topological polar surface area (TPSA) is 54.7 Å². The molecule has 0 amide bonds. The molecule has 0 saturated heterocycles. The van der Waals surface area contributed by atoms with E-state index in [-0.39, 0.29) is 0 Å². The minimum atomic E-state index is 0.543. The molecule has 0 aliphatic heterocycles. The van der Waals surface area contributed by atoms with Gasteiger partial charge in [0.15, 0.2) is 5.82 Å². The largest absolute Gasteiger partial charge is 0.382 e. The van der Waals surface area contributed by atoms with Crippen molar-refractivity contribution < 1.29 is 0 Å². The number of nitrogens with zero attached hydrogens (tertiary/aromatic N) is 1. The molecule has 2 heterocycles. The van der Waals surface area contributed by atoms with Crippen molar-refractivity contribution in [3.63, 3.8) is 0 Å². The lowest BCUT2D eigenvalue weighted by atomic mass is 10.0. The lowest BCUT2D eigenvalue weighted by Crippen LogP contribution is -1.89. The molecule has 3 N–H and O–H groups in total. The van der Waals surface area contributed by atoms with E-state index in [0.717, 1.165) is 22.4 Å². The van der Waals surface area contributed by atoms with E-state index in [0.29, 0.717) is 5.82 Å². The average molecular weight is 381 g/mol. The summed E-state index contributed by atoms with van der Waals surface area (Å²) in [6, 6.07) is 10.4. The zero-order chi connectivity index (χ0) is 13.4. The van der Waals surface area contributed by atoms with E-state index >= 15 is 0 Å².